The molecule has 1 aliphatic rings. The zero-order chi connectivity index (χ0) is 16.2. The van der Waals surface area contributed by atoms with Gasteiger partial charge in [-0.15, -0.1) is 0 Å². The average molecular weight is 312 g/mol. The van der Waals surface area contributed by atoms with E-state index < -0.39 is 5.97 Å². The summed E-state index contributed by atoms with van der Waals surface area (Å²) >= 11 is 0. The third kappa shape index (κ3) is 9.96. The second kappa shape index (κ2) is 11.7. The summed E-state index contributed by atoms with van der Waals surface area (Å²) < 4.78 is 5.64. The smallest absolute Gasteiger partial charge is 0.327 e. The van der Waals surface area contributed by atoms with Gasteiger partial charge in [-0.25, -0.2) is 4.79 Å². The highest BCUT2D eigenvalue weighted by Gasteiger charge is 2.37. The van der Waals surface area contributed by atoms with Gasteiger partial charge in [0.05, 0.1) is 18.3 Å². The molecule has 1 rings (SSSR count). The van der Waals surface area contributed by atoms with E-state index in [-0.39, 0.29) is 6.10 Å². The minimum Gasteiger partial charge on any atom is -0.478 e. The number of epoxide rings is 1. The summed E-state index contributed by atoms with van der Waals surface area (Å²) in [4.78, 5) is 10.3. The number of carbonyl (C=O) groups is 1. The SMILES string of the molecule is CCCCCC1OC1CCC(O)CCCCCC=CC(=O)O. The molecule has 4 nitrogen and oxygen atoms in total. The maximum atomic E-state index is 10.3. The van der Waals surface area contributed by atoms with Crippen LogP contribution in [0.1, 0.15) is 77.6 Å². The highest BCUT2D eigenvalue weighted by atomic mass is 16.6. The number of carboxylic acid groups (broad SMARTS) is 1. The van der Waals surface area contributed by atoms with Crippen LogP contribution < -0.4 is 0 Å². The summed E-state index contributed by atoms with van der Waals surface area (Å²) in [5.74, 6) is -0.884. The molecule has 0 saturated carbocycles. The Morgan fingerprint density at radius 2 is 1.86 bits per heavy atom. The Labute approximate surface area is 134 Å². The highest BCUT2D eigenvalue weighted by Crippen LogP contribution is 2.31. The summed E-state index contributed by atoms with van der Waals surface area (Å²) in [6.45, 7) is 2.21. The number of aliphatic hydroxyl groups is 1. The van der Waals surface area contributed by atoms with E-state index in [4.69, 9.17) is 9.84 Å². The maximum absolute atomic E-state index is 10.3. The summed E-state index contributed by atoms with van der Waals surface area (Å²) in [5, 5.41) is 18.4. The van der Waals surface area contributed by atoms with Crippen LogP contribution in [0.5, 0.6) is 0 Å². The minimum absolute atomic E-state index is 0.213. The third-order valence-electron chi connectivity index (χ3n) is 4.23. The number of aliphatic carboxylic acids is 1. The summed E-state index contributed by atoms with van der Waals surface area (Å²) in [5.41, 5.74) is 0. The lowest BCUT2D eigenvalue weighted by atomic mass is 10.0. The molecule has 1 heterocycles. The summed E-state index contributed by atoms with van der Waals surface area (Å²) in [6, 6.07) is 0. The molecule has 1 aliphatic heterocycles. The van der Waals surface area contributed by atoms with Gasteiger partial charge in [0.25, 0.3) is 0 Å². The lowest BCUT2D eigenvalue weighted by Crippen LogP contribution is -2.08. The minimum atomic E-state index is -0.884. The van der Waals surface area contributed by atoms with Gasteiger partial charge in [-0.05, 0) is 38.5 Å². The van der Waals surface area contributed by atoms with Crippen LogP contribution in [0.3, 0.4) is 0 Å². The Balaban J connectivity index is 1.88. The van der Waals surface area contributed by atoms with E-state index in [1.54, 1.807) is 6.08 Å². The average Bonchev–Trinajstić information content (AvgIpc) is 3.22. The van der Waals surface area contributed by atoms with Crippen molar-refractivity contribution in [2.24, 2.45) is 0 Å². The molecule has 128 valence electrons. The Morgan fingerprint density at radius 1 is 1.09 bits per heavy atom. The first-order valence-corrected chi connectivity index (χ1v) is 8.86. The monoisotopic (exact) mass is 312 g/mol. The lowest BCUT2D eigenvalue weighted by molar-refractivity contribution is -0.131. The number of carboxylic acids is 1. The van der Waals surface area contributed by atoms with Gasteiger partial charge in [0, 0.05) is 6.08 Å². The Kier molecular flexibility index (Phi) is 10.2. The molecule has 22 heavy (non-hydrogen) atoms. The fraction of sp³-hybridized carbons (Fsp3) is 0.833. The van der Waals surface area contributed by atoms with E-state index in [1.807, 2.05) is 0 Å². The number of unbranched alkanes of at least 4 members (excludes halogenated alkanes) is 5. The topological polar surface area (TPSA) is 70.1 Å². The van der Waals surface area contributed by atoms with Crippen molar-refractivity contribution in [1.82, 2.24) is 0 Å². The Morgan fingerprint density at radius 3 is 2.59 bits per heavy atom. The van der Waals surface area contributed by atoms with Gasteiger partial charge in [0.15, 0.2) is 0 Å². The largest absolute Gasteiger partial charge is 0.478 e. The van der Waals surface area contributed by atoms with Crippen LogP contribution in [0.15, 0.2) is 12.2 Å². The number of allylic oxidation sites excluding steroid dienone is 1. The second-order valence-corrected chi connectivity index (χ2v) is 6.32. The number of rotatable bonds is 14. The number of hydrogen-bond acceptors (Lipinski definition) is 3. The molecule has 0 radical (unpaired) electrons. The number of aliphatic hydroxyl groups excluding tert-OH is 1. The molecular weight excluding hydrogens is 280 g/mol. The zero-order valence-corrected chi connectivity index (χ0v) is 13.9. The lowest BCUT2D eigenvalue weighted by Gasteiger charge is -2.09. The molecule has 0 bridgehead atoms. The third-order valence-corrected chi connectivity index (χ3v) is 4.23. The molecule has 0 spiro atoms. The molecule has 0 aromatic rings. The maximum Gasteiger partial charge on any atom is 0.327 e. The highest BCUT2D eigenvalue weighted by molar-refractivity contribution is 5.79. The van der Waals surface area contributed by atoms with Gasteiger partial charge in [0.2, 0.25) is 0 Å². The van der Waals surface area contributed by atoms with Crippen molar-refractivity contribution in [3.63, 3.8) is 0 Å². The molecule has 3 unspecified atom stereocenters. The molecule has 3 atom stereocenters. The fourth-order valence-corrected chi connectivity index (χ4v) is 2.79. The van der Waals surface area contributed by atoms with Crippen LogP contribution in [-0.2, 0) is 9.53 Å². The fourth-order valence-electron chi connectivity index (χ4n) is 2.79. The van der Waals surface area contributed by atoms with Crippen molar-refractivity contribution >= 4 is 5.97 Å². The van der Waals surface area contributed by atoms with Gasteiger partial charge < -0.3 is 14.9 Å². The summed E-state index contributed by atoms with van der Waals surface area (Å²) in [7, 11) is 0. The van der Waals surface area contributed by atoms with Crippen LogP contribution in [0, 0.1) is 0 Å². The zero-order valence-electron chi connectivity index (χ0n) is 13.9. The first-order chi connectivity index (χ1) is 10.6. The molecule has 0 aromatic heterocycles. The molecule has 1 fully saturated rings. The van der Waals surface area contributed by atoms with Gasteiger partial charge in [0.1, 0.15) is 0 Å². The van der Waals surface area contributed by atoms with Crippen molar-refractivity contribution in [3.05, 3.63) is 12.2 Å². The van der Waals surface area contributed by atoms with Gasteiger partial charge in [-0.1, -0.05) is 45.1 Å². The van der Waals surface area contributed by atoms with Gasteiger partial charge in [-0.3, -0.25) is 0 Å². The van der Waals surface area contributed by atoms with Crippen molar-refractivity contribution in [3.8, 4) is 0 Å². The van der Waals surface area contributed by atoms with E-state index in [0.29, 0.717) is 12.2 Å². The van der Waals surface area contributed by atoms with Crippen LogP contribution in [0.4, 0.5) is 0 Å². The molecule has 2 N–H and O–H groups in total. The Hall–Kier alpha value is -0.870. The second-order valence-electron chi connectivity index (χ2n) is 6.32. The van der Waals surface area contributed by atoms with Gasteiger partial charge >= 0.3 is 5.97 Å². The van der Waals surface area contributed by atoms with E-state index in [0.717, 1.165) is 44.9 Å². The number of ether oxygens (including phenoxy) is 1. The molecule has 0 aliphatic carbocycles. The van der Waals surface area contributed by atoms with Crippen molar-refractivity contribution < 1.29 is 19.7 Å². The van der Waals surface area contributed by atoms with Crippen LogP contribution in [-0.4, -0.2) is 34.5 Å². The normalized spacial score (nSPS) is 22.1. The first-order valence-electron chi connectivity index (χ1n) is 8.86. The van der Waals surface area contributed by atoms with E-state index in [1.165, 1.54) is 31.8 Å². The molecule has 0 amide bonds. The Bertz CT molecular complexity index is 327. The van der Waals surface area contributed by atoms with Crippen molar-refractivity contribution in [1.29, 1.82) is 0 Å². The molecular formula is C18H32O4. The van der Waals surface area contributed by atoms with E-state index >= 15 is 0 Å². The molecule has 1 saturated heterocycles. The van der Waals surface area contributed by atoms with Crippen LogP contribution >= 0.6 is 0 Å². The predicted octanol–water partition coefficient (Wildman–Crippen LogP) is 4.07. The first kappa shape index (κ1) is 19.2. The standard InChI is InChI=1S/C18H32O4/c1-2-3-7-11-16-17(22-16)14-13-15(19)10-8-5-4-6-9-12-18(20)21/h9,12,15-17,19H,2-8,10-11,13-14H2,1H3,(H,20,21). The van der Waals surface area contributed by atoms with E-state index in [2.05, 4.69) is 6.92 Å². The molecule has 4 heteroatoms. The number of hydrogen-bond donors (Lipinski definition) is 2. The quantitative estimate of drug-likeness (QED) is 0.288. The summed E-state index contributed by atoms with van der Waals surface area (Å²) in [6.07, 6.45) is 15.0. The van der Waals surface area contributed by atoms with Crippen LogP contribution in [0.2, 0.25) is 0 Å². The van der Waals surface area contributed by atoms with Crippen molar-refractivity contribution in [2.75, 3.05) is 0 Å². The van der Waals surface area contributed by atoms with E-state index in [9.17, 15) is 9.90 Å². The van der Waals surface area contributed by atoms with Gasteiger partial charge in [-0.2, -0.15) is 0 Å². The predicted molar refractivity (Wildman–Crippen MR) is 87.9 cm³/mol. The van der Waals surface area contributed by atoms with Crippen molar-refractivity contribution in [2.45, 2.75) is 95.9 Å². The van der Waals surface area contributed by atoms with Crippen LogP contribution in [0.25, 0.3) is 0 Å². The molecule has 0 aromatic carbocycles.